The third kappa shape index (κ3) is 4.00. The summed E-state index contributed by atoms with van der Waals surface area (Å²) in [7, 11) is 0. The zero-order chi connectivity index (χ0) is 15.6. The van der Waals surface area contributed by atoms with Gasteiger partial charge in [-0.05, 0) is 0 Å². The third-order valence-corrected chi connectivity index (χ3v) is 2.68. The molecule has 0 saturated carbocycles. The number of halogens is 7. The zero-order valence-corrected chi connectivity index (χ0v) is 11.0. The van der Waals surface area contributed by atoms with Crippen molar-refractivity contribution in [2.24, 2.45) is 0 Å². The van der Waals surface area contributed by atoms with Crippen LogP contribution in [0.25, 0.3) is 0 Å². The highest BCUT2D eigenvalue weighted by atomic mass is 79.9. The monoisotopic (exact) mass is 362 g/mol. The molecule has 0 bridgehead atoms. The fraction of sp³-hybridized carbons (Fsp3) is 0.400. The van der Waals surface area contributed by atoms with E-state index in [1.54, 1.807) is 6.07 Å². The summed E-state index contributed by atoms with van der Waals surface area (Å²) < 4.78 is 78.4. The molecule has 1 rings (SSSR count). The van der Waals surface area contributed by atoms with Crippen LogP contribution in [0, 0.1) is 11.3 Å². The van der Waals surface area contributed by atoms with E-state index in [2.05, 4.69) is 25.7 Å². The average Bonchev–Trinajstić information content (AvgIpc) is 2.27. The topological polar surface area (TPSA) is 45.9 Å². The normalized spacial score (nSPS) is 12.1. The molecule has 0 spiro atoms. The fourth-order valence-corrected chi connectivity index (χ4v) is 2.06. The minimum atomic E-state index is -5.28. The summed E-state index contributed by atoms with van der Waals surface area (Å²) >= 11 is 2.75. The number of nitriles is 1. The Balaban J connectivity index is 3.51. The summed E-state index contributed by atoms with van der Waals surface area (Å²) in [5, 5.41) is 8.08. The van der Waals surface area contributed by atoms with Crippen LogP contribution in [0.5, 0.6) is 5.75 Å². The van der Waals surface area contributed by atoms with Gasteiger partial charge in [0.25, 0.3) is 0 Å². The molecule has 3 nitrogen and oxygen atoms in total. The van der Waals surface area contributed by atoms with Gasteiger partial charge in [-0.2, -0.15) is 18.4 Å². The summed E-state index contributed by atoms with van der Waals surface area (Å²) in [6.45, 7) is 0. The second-order valence-corrected chi connectivity index (χ2v) is 4.00. The third-order valence-electron chi connectivity index (χ3n) is 2.12. The lowest BCUT2D eigenvalue weighted by Gasteiger charge is -2.19. The smallest absolute Gasteiger partial charge is 0.403 e. The Labute approximate surface area is 117 Å². The van der Waals surface area contributed by atoms with Crippen LogP contribution < -0.4 is 4.74 Å². The van der Waals surface area contributed by atoms with Gasteiger partial charge in [0.2, 0.25) is 0 Å². The largest absolute Gasteiger partial charge is 0.573 e. The van der Waals surface area contributed by atoms with Crippen LogP contribution in [0.2, 0.25) is 0 Å². The summed E-state index contributed by atoms with van der Waals surface area (Å²) in [6.07, 6.45) is -10.5. The quantitative estimate of drug-likeness (QED) is 0.603. The molecule has 0 fully saturated rings. The molecule has 110 valence electrons. The molecule has 0 amide bonds. The molecule has 1 aromatic heterocycles. The number of pyridine rings is 1. The minimum Gasteiger partial charge on any atom is -0.403 e. The van der Waals surface area contributed by atoms with Crippen molar-refractivity contribution in [3.8, 4) is 11.8 Å². The molecule has 0 N–H and O–H groups in total. The van der Waals surface area contributed by atoms with Gasteiger partial charge in [0, 0.05) is 10.9 Å². The van der Waals surface area contributed by atoms with Gasteiger partial charge in [0.1, 0.15) is 5.56 Å². The van der Waals surface area contributed by atoms with Gasteiger partial charge in [0.15, 0.2) is 5.75 Å². The molecule has 10 heteroatoms. The molecule has 1 aromatic rings. The molecule has 0 atom stereocenters. The van der Waals surface area contributed by atoms with E-state index in [0.29, 0.717) is 6.20 Å². The van der Waals surface area contributed by atoms with E-state index in [0.717, 1.165) is 0 Å². The first-order chi connectivity index (χ1) is 9.10. The van der Waals surface area contributed by atoms with E-state index in [1.165, 1.54) is 0 Å². The van der Waals surface area contributed by atoms with Crippen LogP contribution in [0.1, 0.15) is 16.8 Å². The fourth-order valence-electron chi connectivity index (χ4n) is 1.46. The summed E-state index contributed by atoms with van der Waals surface area (Å²) in [5.74, 6) is -1.44. The van der Waals surface area contributed by atoms with Crippen LogP contribution in [0.3, 0.4) is 0 Å². The predicted octanol–water partition coefficient (Wildman–Crippen LogP) is 3.96. The molecule has 0 aliphatic rings. The lowest BCUT2D eigenvalue weighted by atomic mass is 10.0. The number of ether oxygens (including phenoxy) is 1. The van der Waals surface area contributed by atoms with E-state index in [4.69, 9.17) is 5.26 Å². The number of hydrogen-bond donors (Lipinski definition) is 0. The van der Waals surface area contributed by atoms with Crippen LogP contribution >= 0.6 is 15.9 Å². The maximum absolute atomic E-state index is 12.9. The second-order valence-electron chi connectivity index (χ2n) is 3.44. The van der Waals surface area contributed by atoms with Gasteiger partial charge in [-0.25, -0.2) is 0 Å². The van der Waals surface area contributed by atoms with Crippen molar-refractivity contribution in [1.29, 1.82) is 5.26 Å². The van der Waals surface area contributed by atoms with E-state index >= 15 is 0 Å². The zero-order valence-electron chi connectivity index (χ0n) is 9.44. The highest BCUT2D eigenvalue weighted by Gasteiger charge is 2.42. The Kier molecular flexibility index (Phi) is 4.86. The van der Waals surface area contributed by atoms with Gasteiger partial charge < -0.3 is 4.74 Å². The molecule has 0 saturated heterocycles. The summed E-state index contributed by atoms with van der Waals surface area (Å²) in [4.78, 5) is 3.42. The number of rotatable bonds is 3. The molecular formula is C10H5BrF6N2O. The maximum Gasteiger partial charge on any atom is 0.573 e. The van der Waals surface area contributed by atoms with Crippen LogP contribution in [-0.4, -0.2) is 11.3 Å². The van der Waals surface area contributed by atoms with E-state index in [9.17, 15) is 26.3 Å². The van der Waals surface area contributed by atoms with Crippen molar-refractivity contribution in [3.05, 3.63) is 23.0 Å². The van der Waals surface area contributed by atoms with Gasteiger partial charge in [-0.1, -0.05) is 15.9 Å². The van der Waals surface area contributed by atoms with Crippen molar-refractivity contribution in [3.63, 3.8) is 0 Å². The molecule has 1 heterocycles. The van der Waals surface area contributed by atoms with Gasteiger partial charge >= 0.3 is 12.5 Å². The Hall–Kier alpha value is -1.50. The van der Waals surface area contributed by atoms with Crippen molar-refractivity contribution >= 4 is 15.9 Å². The van der Waals surface area contributed by atoms with Crippen molar-refractivity contribution in [2.45, 2.75) is 24.3 Å². The molecule has 0 aliphatic carbocycles. The van der Waals surface area contributed by atoms with E-state index in [1.807, 2.05) is 0 Å². The van der Waals surface area contributed by atoms with Crippen molar-refractivity contribution in [2.75, 3.05) is 0 Å². The molecular weight excluding hydrogens is 358 g/mol. The van der Waals surface area contributed by atoms with Gasteiger partial charge in [0.05, 0.1) is 24.4 Å². The molecule has 0 aromatic carbocycles. The first-order valence-corrected chi connectivity index (χ1v) is 5.99. The number of alkyl halides is 7. The van der Waals surface area contributed by atoms with Crippen molar-refractivity contribution in [1.82, 2.24) is 4.98 Å². The Morgan fingerprint density at radius 2 is 1.85 bits per heavy atom. The van der Waals surface area contributed by atoms with E-state index in [-0.39, 0.29) is 5.69 Å². The standard InChI is InChI=1S/C10H5BrF6N2O/c11-3-5-6(1-2-18)19-4-7(20-10(15,16)17)8(5)9(12,13)14/h4H,1,3H2. The van der Waals surface area contributed by atoms with Crippen LogP contribution in [0.15, 0.2) is 6.20 Å². The maximum atomic E-state index is 12.9. The molecule has 0 aliphatic heterocycles. The Morgan fingerprint density at radius 1 is 1.25 bits per heavy atom. The first kappa shape index (κ1) is 16.6. The number of nitrogens with zero attached hydrogens (tertiary/aromatic N) is 2. The minimum absolute atomic E-state index is 0.258. The lowest BCUT2D eigenvalue weighted by Crippen LogP contribution is -2.22. The van der Waals surface area contributed by atoms with E-state index < -0.39 is 41.2 Å². The number of aromatic nitrogens is 1. The molecule has 0 unspecified atom stereocenters. The first-order valence-electron chi connectivity index (χ1n) is 4.86. The Morgan fingerprint density at radius 3 is 2.25 bits per heavy atom. The highest BCUT2D eigenvalue weighted by molar-refractivity contribution is 9.08. The second kappa shape index (κ2) is 5.87. The van der Waals surface area contributed by atoms with Gasteiger partial charge in [-0.3, -0.25) is 4.98 Å². The Bertz CT molecular complexity index is 534. The molecule has 20 heavy (non-hydrogen) atoms. The average molecular weight is 363 g/mol. The SMILES string of the molecule is N#CCc1ncc(OC(F)(F)F)c(C(F)(F)F)c1CBr. The lowest BCUT2D eigenvalue weighted by molar-refractivity contribution is -0.276. The summed E-state index contributed by atoms with van der Waals surface area (Å²) in [6, 6.07) is 1.59. The van der Waals surface area contributed by atoms with Crippen LogP contribution in [-0.2, 0) is 17.9 Å². The summed E-state index contributed by atoms with van der Waals surface area (Å²) in [5.41, 5.74) is -2.40. The predicted molar refractivity (Wildman–Crippen MR) is 57.9 cm³/mol. The highest BCUT2D eigenvalue weighted by Crippen LogP contribution is 2.41. The molecule has 0 radical (unpaired) electrons. The van der Waals surface area contributed by atoms with Crippen LogP contribution in [0.4, 0.5) is 26.3 Å². The van der Waals surface area contributed by atoms with Gasteiger partial charge in [-0.15, -0.1) is 13.2 Å². The van der Waals surface area contributed by atoms with Crippen molar-refractivity contribution < 1.29 is 31.1 Å². The number of hydrogen-bond acceptors (Lipinski definition) is 3.